The lowest BCUT2D eigenvalue weighted by molar-refractivity contribution is 0.0598. The number of ether oxygens (including phenoxy) is 4. The second-order valence-corrected chi connectivity index (χ2v) is 4.88. The monoisotopic (exact) mass is 348 g/mol. The lowest BCUT2D eigenvalue weighted by Crippen LogP contribution is -2.11. The van der Waals surface area contributed by atoms with Gasteiger partial charge in [-0.05, 0) is 42.5 Å². The Bertz CT molecular complexity index is 707. The number of rotatable bonds is 7. The Hall–Kier alpha value is -3.09. The summed E-state index contributed by atoms with van der Waals surface area (Å²) in [5, 5.41) is 0. The number of carbonyl (C=O) groups is 2. The molecular formula is C18H17FO6. The third-order valence-electron chi connectivity index (χ3n) is 3.18. The number of halogens is 1. The molecule has 0 fully saturated rings. The topological polar surface area (TPSA) is 71.1 Å². The number of hydrogen-bond donors (Lipinski definition) is 0. The molecule has 2 aromatic carbocycles. The fourth-order valence-electron chi connectivity index (χ4n) is 2.00. The van der Waals surface area contributed by atoms with Gasteiger partial charge in [-0.1, -0.05) is 0 Å². The van der Waals surface area contributed by atoms with Crippen LogP contribution in [-0.4, -0.2) is 39.4 Å². The van der Waals surface area contributed by atoms with E-state index in [0.717, 1.165) is 0 Å². The fourth-order valence-corrected chi connectivity index (χ4v) is 2.00. The summed E-state index contributed by atoms with van der Waals surface area (Å²) in [5.74, 6) is -0.746. The first kappa shape index (κ1) is 18.3. The van der Waals surface area contributed by atoms with Gasteiger partial charge in [-0.2, -0.15) is 0 Å². The average molecular weight is 348 g/mol. The molecule has 6 nitrogen and oxygen atoms in total. The van der Waals surface area contributed by atoms with E-state index in [2.05, 4.69) is 9.47 Å². The van der Waals surface area contributed by atoms with Gasteiger partial charge in [0.2, 0.25) is 0 Å². The molecule has 0 aliphatic carbocycles. The van der Waals surface area contributed by atoms with E-state index in [1.165, 1.54) is 56.7 Å². The molecular weight excluding hydrogens is 331 g/mol. The predicted octanol–water partition coefficient (Wildman–Crippen LogP) is 2.86. The predicted molar refractivity (Wildman–Crippen MR) is 86.5 cm³/mol. The lowest BCUT2D eigenvalue weighted by Gasteiger charge is -2.11. The normalized spacial score (nSPS) is 10.0. The average Bonchev–Trinajstić information content (AvgIpc) is 2.65. The molecule has 2 aromatic rings. The minimum absolute atomic E-state index is 0.155. The third-order valence-corrected chi connectivity index (χ3v) is 3.18. The first-order valence-corrected chi connectivity index (χ1v) is 7.36. The molecule has 0 bridgehead atoms. The van der Waals surface area contributed by atoms with Crippen molar-refractivity contribution in [2.24, 2.45) is 0 Å². The molecule has 7 heteroatoms. The van der Waals surface area contributed by atoms with Gasteiger partial charge in [0.1, 0.15) is 30.5 Å². The third kappa shape index (κ3) is 5.20. The lowest BCUT2D eigenvalue weighted by atomic mass is 10.1. The number of carbonyl (C=O) groups excluding carboxylic acids is 2. The van der Waals surface area contributed by atoms with Crippen LogP contribution in [-0.2, 0) is 9.47 Å². The van der Waals surface area contributed by atoms with Gasteiger partial charge in [0.05, 0.1) is 25.3 Å². The van der Waals surface area contributed by atoms with Gasteiger partial charge in [0.15, 0.2) is 0 Å². The molecule has 2 rings (SSSR count). The van der Waals surface area contributed by atoms with E-state index in [1.807, 2.05) is 0 Å². The molecule has 0 spiro atoms. The Kier molecular flexibility index (Phi) is 6.33. The largest absolute Gasteiger partial charge is 0.490 e. The van der Waals surface area contributed by atoms with Crippen molar-refractivity contribution in [2.75, 3.05) is 27.4 Å². The van der Waals surface area contributed by atoms with Crippen molar-refractivity contribution in [2.45, 2.75) is 0 Å². The van der Waals surface area contributed by atoms with Gasteiger partial charge in [-0.15, -0.1) is 0 Å². The highest BCUT2D eigenvalue weighted by Crippen LogP contribution is 2.19. The zero-order chi connectivity index (χ0) is 18.2. The standard InChI is InChI=1S/C18H17FO6/c1-22-17(20)12-9-13(18(21)23-2)11-16(10-12)25-8-7-24-15-5-3-14(19)4-6-15/h3-6,9-11H,7-8H2,1-2H3. The van der Waals surface area contributed by atoms with Crippen LogP contribution < -0.4 is 9.47 Å². The van der Waals surface area contributed by atoms with E-state index in [4.69, 9.17) is 9.47 Å². The Morgan fingerprint density at radius 2 is 1.28 bits per heavy atom. The van der Waals surface area contributed by atoms with Crippen LogP contribution >= 0.6 is 0 Å². The van der Waals surface area contributed by atoms with Crippen molar-refractivity contribution in [1.29, 1.82) is 0 Å². The van der Waals surface area contributed by atoms with Crippen molar-refractivity contribution in [3.8, 4) is 11.5 Å². The summed E-state index contributed by atoms with van der Waals surface area (Å²) in [6.07, 6.45) is 0. The quantitative estimate of drug-likeness (QED) is 0.566. The Labute approximate surface area is 144 Å². The van der Waals surface area contributed by atoms with Crippen molar-refractivity contribution in [3.63, 3.8) is 0 Å². The van der Waals surface area contributed by atoms with Crippen molar-refractivity contribution < 1.29 is 32.9 Å². The summed E-state index contributed by atoms with van der Waals surface area (Å²) >= 11 is 0. The Morgan fingerprint density at radius 1 is 0.800 bits per heavy atom. The molecule has 0 saturated heterocycles. The maximum absolute atomic E-state index is 12.8. The second-order valence-electron chi connectivity index (χ2n) is 4.88. The SMILES string of the molecule is COC(=O)c1cc(OCCOc2ccc(F)cc2)cc(C(=O)OC)c1. The Morgan fingerprint density at radius 3 is 1.76 bits per heavy atom. The van der Waals surface area contributed by atoms with Gasteiger partial charge in [-0.3, -0.25) is 0 Å². The molecule has 0 atom stereocenters. The molecule has 0 aliphatic rings. The number of benzene rings is 2. The molecule has 0 saturated carbocycles. The minimum atomic E-state index is -0.599. The number of hydrogen-bond acceptors (Lipinski definition) is 6. The zero-order valence-corrected chi connectivity index (χ0v) is 13.8. The first-order valence-electron chi connectivity index (χ1n) is 7.36. The van der Waals surface area contributed by atoms with Gasteiger partial charge < -0.3 is 18.9 Å². The van der Waals surface area contributed by atoms with Crippen molar-refractivity contribution in [3.05, 3.63) is 59.4 Å². The smallest absolute Gasteiger partial charge is 0.338 e. The van der Waals surface area contributed by atoms with Gasteiger partial charge in [0, 0.05) is 0 Å². The fraction of sp³-hybridized carbons (Fsp3) is 0.222. The maximum Gasteiger partial charge on any atom is 0.338 e. The first-order chi connectivity index (χ1) is 12.0. The van der Waals surface area contributed by atoms with Crippen LogP contribution in [0.2, 0.25) is 0 Å². The van der Waals surface area contributed by atoms with Crippen LogP contribution in [0, 0.1) is 5.82 Å². The molecule has 0 unspecified atom stereocenters. The molecule has 132 valence electrons. The number of esters is 2. The maximum atomic E-state index is 12.8. The molecule has 0 aromatic heterocycles. The summed E-state index contributed by atoms with van der Waals surface area (Å²) in [5.41, 5.74) is 0.333. The molecule has 0 aliphatic heterocycles. The van der Waals surface area contributed by atoms with E-state index >= 15 is 0 Å². The minimum Gasteiger partial charge on any atom is -0.490 e. The molecule has 0 N–H and O–H groups in total. The summed E-state index contributed by atoms with van der Waals surface area (Å²) in [6.45, 7) is 0.351. The second kappa shape index (κ2) is 8.68. The zero-order valence-electron chi connectivity index (χ0n) is 13.8. The summed E-state index contributed by atoms with van der Waals surface area (Å²) in [6, 6.07) is 9.86. The number of methoxy groups -OCH3 is 2. The van der Waals surface area contributed by atoms with E-state index in [-0.39, 0.29) is 30.2 Å². The van der Waals surface area contributed by atoms with E-state index in [9.17, 15) is 14.0 Å². The Balaban J connectivity index is 2.01. The van der Waals surface area contributed by atoms with Crippen LogP contribution in [0.3, 0.4) is 0 Å². The van der Waals surface area contributed by atoms with E-state index in [1.54, 1.807) is 0 Å². The molecule has 0 radical (unpaired) electrons. The van der Waals surface area contributed by atoms with E-state index in [0.29, 0.717) is 11.5 Å². The summed E-state index contributed by atoms with van der Waals surface area (Å²) in [4.78, 5) is 23.4. The highest BCUT2D eigenvalue weighted by atomic mass is 19.1. The van der Waals surface area contributed by atoms with Crippen LogP contribution in [0.25, 0.3) is 0 Å². The van der Waals surface area contributed by atoms with Crippen LogP contribution in [0.4, 0.5) is 4.39 Å². The van der Waals surface area contributed by atoms with Gasteiger partial charge in [-0.25, -0.2) is 14.0 Å². The van der Waals surface area contributed by atoms with E-state index < -0.39 is 11.9 Å². The highest BCUT2D eigenvalue weighted by Gasteiger charge is 2.14. The van der Waals surface area contributed by atoms with Crippen molar-refractivity contribution >= 4 is 11.9 Å². The summed E-state index contributed by atoms with van der Waals surface area (Å²) < 4.78 is 33.0. The van der Waals surface area contributed by atoms with Crippen LogP contribution in [0.1, 0.15) is 20.7 Å². The van der Waals surface area contributed by atoms with Gasteiger partial charge in [0.25, 0.3) is 0 Å². The summed E-state index contributed by atoms with van der Waals surface area (Å²) in [7, 11) is 2.48. The van der Waals surface area contributed by atoms with Crippen LogP contribution in [0.5, 0.6) is 11.5 Å². The van der Waals surface area contributed by atoms with Crippen LogP contribution in [0.15, 0.2) is 42.5 Å². The van der Waals surface area contributed by atoms with Crippen molar-refractivity contribution in [1.82, 2.24) is 0 Å². The van der Waals surface area contributed by atoms with Gasteiger partial charge >= 0.3 is 11.9 Å². The molecule has 25 heavy (non-hydrogen) atoms. The molecule has 0 heterocycles. The molecule has 0 amide bonds. The highest BCUT2D eigenvalue weighted by molar-refractivity contribution is 5.96.